The Labute approximate surface area is 166 Å². The van der Waals surface area contributed by atoms with Crippen LogP contribution in [-0.4, -0.2) is 37.6 Å². The largest absolute Gasteiger partial charge is 0.573 e. The number of ether oxygens (including phenoxy) is 1. The van der Waals surface area contributed by atoms with Crippen molar-refractivity contribution in [1.29, 1.82) is 0 Å². The second-order valence-electron chi connectivity index (χ2n) is 6.51. The van der Waals surface area contributed by atoms with Gasteiger partial charge in [-0.3, -0.25) is 4.79 Å². The smallest absolute Gasteiger partial charge is 0.406 e. The molecule has 1 aliphatic rings. The summed E-state index contributed by atoms with van der Waals surface area (Å²) in [5, 5.41) is 2.50. The Morgan fingerprint density at radius 2 is 1.79 bits per heavy atom. The normalized spacial score (nSPS) is 18.2. The van der Waals surface area contributed by atoms with Crippen molar-refractivity contribution in [3.63, 3.8) is 0 Å². The zero-order valence-corrected chi connectivity index (χ0v) is 16.0. The first-order valence-electron chi connectivity index (χ1n) is 8.90. The number of sulfonamides is 1. The first-order chi connectivity index (χ1) is 13.7. The van der Waals surface area contributed by atoms with Gasteiger partial charge in [0, 0.05) is 18.3 Å². The molecule has 1 atom stereocenters. The standard InChI is InChI=1S/C19H19F3N2O4S/c20-19(21,22)28-15-8-6-7-14(13-15)23-18(25)17-11-4-5-12-24(17)29(26,27)16-9-2-1-3-10-16/h1-3,6-10,13,17H,4-5,11-12H2,(H,23,25). The van der Waals surface area contributed by atoms with Gasteiger partial charge >= 0.3 is 6.36 Å². The molecule has 2 aromatic rings. The van der Waals surface area contributed by atoms with Gasteiger partial charge in [-0.15, -0.1) is 13.2 Å². The molecule has 1 heterocycles. The highest BCUT2D eigenvalue weighted by Crippen LogP contribution is 2.28. The highest BCUT2D eigenvalue weighted by atomic mass is 32.2. The minimum absolute atomic E-state index is 0.0828. The number of carbonyl (C=O) groups is 1. The molecule has 1 aliphatic heterocycles. The fourth-order valence-electron chi connectivity index (χ4n) is 3.18. The van der Waals surface area contributed by atoms with Crippen LogP contribution in [0.15, 0.2) is 59.5 Å². The Morgan fingerprint density at radius 1 is 1.07 bits per heavy atom. The summed E-state index contributed by atoms with van der Waals surface area (Å²) in [7, 11) is -3.88. The second-order valence-corrected chi connectivity index (χ2v) is 8.40. The predicted molar refractivity (Wildman–Crippen MR) is 99.7 cm³/mol. The third-order valence-corrected chi connectivity index (χ3v) is 6.36. The van der Waals surface area contributed by atoms with Gasteiger partial charge in [0.15, 0.2) is 0 Å². The highest BCUT2D eigenvalue weighted by molar-refractivity contribution is 7.89. The van der Waals surface area contributed by atoms with Gasteiger partial charge in [-0.05, 0) is 37.1 Å². The molecule has 156 valence electrons. The molecule has 1 unspecified atom stereocenters. The summed E-state index contributed by atoms with van der Waals surface area (Å²) < 4.78 is 68.1. The van der Waals surface area contributed by atoms with E-state index in [1.54, 1.807) is 18.2 Å². The molecule has 3 rings (SSSR count). The van der Waals surface area contributed by atoms with Gasteiger partial charge in [-0.1, -0.05) is 30.7 Å². The number of carbonyl (C=O) groups excluding carboxylic acids is 1. The summed E-state index contributed by atoms with van der Waals surface area (Å²) in [6.07, 6.45) is -3.26. The van der Waals surface area contributed by atoms with E-state index in [9.17, 15) is 26.4 Å². The molecule has 2 aromatic carbocycles. The minimum atomic E-state index is -4.85. The van der Waals surface area contributed by atoms with E-state index < -0.39 is 34.1 Å². The number of hydrogen-bond donors (Lipinski definition) is 1. The summed E-state index contributed by atoms with van der Waals surface area (Å²) in [6, 6.07) is 11.7. The molecule has 1 saturated heterocycles. The topological polar surface area (TPSA) is 75.7 Å². The fraction of sp³-hybridized carbons (Fsp3) is 0.316. The number of alkyl halides is 3. The third-order valence-electron chi connectivity index (χ3n) is 4.44. The van der Waals surface area contributed by atoms with Crippen LogP contribution in [-0.2, 0) is 14.8 Å². The Kier molecular flexibility index (Phi) is 6.13. The summed E-state index contributed by atoms with van der Waals surface area (Å²) in [5.41, 5.74) is 0.0828. The lowest BCUT2D eigenvalue weighted by atomic mass is 10.0. The van der Waals surface area contributed by atoms with Gasteiger partial charge < -0.3 is 10.1 Å². The quantitative estimate of drug-likeness (QED) is 0.787. The summed E-state index contributed by atoms with van der Waals surface area (Å²) in [4.78, 5) is 12.9. The van der Waals surface area contributed by atoms with E-state index in [0.29, 0.717) is 19.3 Å². The van der Waals surface area contributed by atoms with Gasteiger partial charge in [0.25, 0.3) is 0 Å². The van der Waals surface area contributed by atoms with Crippen LogP contribution >= 0.6 is 0 Å². The van der Waals surface area contributed by atoms with Crippen LogP contribution in [0.2, 0.25) is 0 Å². The summed E-state index contributed by atoms with van der Waals surface area (Å²) >= 11 is 0. The van der Waals surface area contributed by atoms with Gasteiger partial charge in [0.2, 0.25) is 15.9 Å². The van der Waals surface area contributed by atoms with Crippen molar-refractivity contribution in [3.05, 3.63) is 54.6 Å². The molecule has 0 bridgehead atoms. The Balaban J connectivity index is 1.79. The average Bonchev–Trinajstić information content (AvgIpc) is 2.67. The molecule has 1 fully saturated rings. The van der Waals surface area contributed by atoms with Crippen LogP contribution in [0.25, 0.3) is 0 Å². The van der Waals surface area contributed by atoms with E-state index in [-0.39, 0.29) is 17.1 Å². The number of rotatable bonds is 5. The molecule has 6 nitrogen and oxygen atoms in total. The number of nitrogens with one attached hydrogen (secondary N) is 1. The van der Waals surface area contributed by atoms with Crippen LogP contribution in [0.5, 0.6) is 5.75 Å². The van der Waals surface area contributed by atoms with E-state index in [1.807, 2.05) is 0 Å². The van der Waals surface area contributed by atoms with Gasteiger partial charge in [-0.25, -0.2) is 8.42 Å². The summed E-state index contributed by atoms with van der Waals surface area (Å²) in [5.74, 6) is -1.08. The monoisotopic (exact) mass is 428 g/mol. The molecular weight excluding hydrogens is 409 g/mol. The first kappa shape index (κ1) is 21.1. The first-order valence-corrected chi connectivity index (χ1v) is 10.3. The van der Waals surface area contributed by atoms with E-state index in [1.165, 1.54) is 24.3 Å². The average molecular weight is 428 g/mol. The lowest BCUT2D eigenvalue weighted by Gasteiger charge is -2.33. The number of benzene rings is 2. The van der Waals surface area contributed by atoms with E-state index in [4.69, 9.17) is 0 Å². The Bertz CT molecular complexity index is 965. The molecule has 1 N–H and O–H groups in total. The number of halogens is 3. The van der Waals surface area contributed by atoms with Crippen LogP contribution in [0.3, 0.4) is 0 Å². The molecule has 0 aromatic heterocycles. The third kappa shape index (κ3) is 5.27. The second kappa shape index (κ2) is 8.42. The highest BCUT2D eigenvalue weighted by Gasteiger charge is 2.37. The molecule has 1 amide bonds. The maximum absolute atomic E-state index is 13.0. The fourth-order valence-corrected chi connectivity index (χ4v) is 4.86. The SMILES string of the molecule is O=C(Nc1cccc(OC(F)(F)F)c1)C1CCCCN1S(=O)(=O)c1ccccc1. The predicted octanol–water partition coefficient (Wildman–Crippen LogP) is 3.77. The van der Waals surface area contributed by atoms with Gasteiger partial charge in [0.05, 0.1) is 4.90 Å². The van der Waals surface area contributed by atoms with Crippen LogP contribution in [0.4, 0.5) is 18.9 Å². The van der Waals surface area contributed by atoms with Crippen molar-refractivity contribution >= 4 is 21.6 Å². The van der Waals surface area contributed by atoms with E-state index in [2.05, 4.69) is 10.1 Å². The summed E-state index contributed by atoms with van der Waals surface area (Å²) in [6.45, 7) is 0.187. The zero-order valence-electron chi connectivity index (χ0n) is 15.2. The molecule has 0 radical (unpaired) electrons. The van der Waals surface area contributed by atoms with Crippen molar-refractivity contribution in [2.45, 2.75) is 36.6 Å². The lowest BCUT2D eigenvalue weighted by molar-refractivity contribution is -0.274. The molecule has 29 heavy (non-hydrogen) atoms. The molecule has 10 heteroatoms. The van der Waals surface area contributed by atoms with Crippen molar-refractivity contribution < 1.29 is 31.1 Å². The maximum Gasteiger partial charge on any atom is 0.573 e. The van der Waals surface area contributed by atoms with Gasteiger partial charge in [-0.2, -0.15) is 4.31 Å². The Morgan fingerprint density at radius 3 is 2.48 bits per heavy atom. The molecule has 0 spiro atoms. The van der Waals surface area contributed by atoms with E-state index in [0.717, 1.165) is 16.4 Å². The van der Waals surface area contributed by atoms with E-state index >= 15 is 0 Å². The number of anilines is 1. The Hall–Kier alpha value is -2.59. The van der Waals surface area contributed by atoms with Crippen molar-refractivity contribution in [1.82, 2.24) is 4.31 Å². The number of amides is 1. The van der Waals surface area contributed by atoms with Crippen LogP contribution in [0, 0.1) is 0 Å². The zero-order chi connectivity index (χ0) is 21.1. The number of hydrogen-bond acceptors (Lipinski definition) is 4. The lowest BCUT2D eigenvalue weighted by Crippen LogP contribution is -2.49. The number of nitrogens with zero attached hydrogens (tertiary/aromatic N) is 1. The maximum atomic E-state index is 13.0. The van der Waals surface area contributed by atoms with Crippen LogP contribution in [0.1, 0.15) is 19.3 Å². The number of piperidine rings is 1. The molecule has 0 saturated carbocycles. The van der Waals surface area contributed by atoms with Crippen molar-refractivity contribution in [2.75, 3.05) is 11.9 Å². The minimum Gasteiger partial charge on any atom is -0.406 e. The van der Waals surface area contributed by atoms with Gasteiger partial charge in [0.1, 0.15) is 11.8 Å². The van der Waals surface area contributed by atoms with Crippen molar-refractivity contribution in [3.8, 4) is 5.75 Å². The van der Waals surface area contributed by atoms with Crippen molar-refractivity contribution in [2.24, 2.45) is 0 Å². The molecule has 0 aliphatic carbocycles. The molecular formula is C19H19F3N2O4S. The van der Waals surface area contributed by atoms with Crippen LogP contribution < -0.4 is 10.1 Å².